The van der Waals surface area contributed by atoms with E-state index in [0.29, 0.717) is 23.0 Å². The van der Waals surface area contributed by atoms with Gasteiger partial charge in [0.2, 0.25) is 5.95 Å². The molecule has 27 heavy (non-hydrogen) atoms. The molecule has 2 aromatic carbocycles. The van der Waals surface area contributed by atoms with Gasteiger partial charge in [-0.2, -0.15) is 0 Å². The van der Waals surface area contributed by atoms with Crippen molar-refractivity contribution in [2.45, 2.75) is 20.4 Å². The molecule has 0 atom stereocenters. The summed E-state index contributed by atoms with van der Waals surface area (Å²) in [7, 11) is 0. The van der Waals surface area contributed by atoms with Crippen LogP contribution in [0.5, 0.6) is 0 Å². The molecule has 7 heteroatoms. The lowest BCUT2D eigenvalue weighted by Gasteiger charge is -2.13. The summed E-state index contributed by atoms with van der Waals surface area (Å²) in [6.07, 6.45) is 1.38. The summed E-state index contributed by atoms with van der Waals surface area (Å²) in [6.45, 7) is 3.98. The molecule has 0 radical (unpaired) electrons. The molecule has 0 saturated heterocycles. The van der Waals surface area contributed by atoms with Gasteiger partial charge in [-0.3, -0.25) is 25.0 Å². The normalized spacial score (nSPS) is 11.4. The van der Waals surface area contributed by atoms with E-state index in [0.717, 1.165) is 5.56 Å². The number of benzene rings is 2. The zero-order valence-corrected chi connectivity index (χ0v) is 15.0. The van der Waals surface area contributed by atoms with Gasteiger partial charge in [0, 0.05) is 12.6 Å². The topological polar surface area (TPSA) is 76.0 Å². The molecular formula is C20H19FN4O2. The molecule has 1 aromatic heterocycles. The lowest BCUT2D eigenvalue weighted by molar-refractivity contribution is -0.116. The summed E-state index contributed by atoms with van der Waals surface area (Å²) >= 11 is 0. The van der Waals surface area contributed by atoms with Crippen molar-refractivity contribution in [2.75, 3.05) is 5.43 Å². The molecule has 6 nitrogen and oxygen atoms in total. The molecule has 0 aliphatic carbocycles. The molecule has 138 valence electrons. The predicted octanol–water partition coefficient (Wildman–Crippen LogP) is 3.10. The molecule has 3 rings (SSSR count). The summed E-state index contributed by atoms with van der Waals surface area (Å²) in [4.78, 5) is 29.1. The van der Waals surface area contributed by atoms with Crippen molar-refractivity contribution in [1.29, 1.82) is 0 Å². The van der Waals surface area contributed by atoms with E-state index >= 15 is 0 Å². The van der Waals surface area contributed by atoms with E-state index in [2.05, 4.69) is 15.8 Å². The van der Waals surface area contributed by atoms with E-state index in [1.54, 1.807) is 43.3 Å². The first-order valence-electron chi connectivity index (χ1n) is 8.49. The maximum atomic E-state index is 13.0. The summed E-state index contributed by atoms with van der Waals surface area (Å²) < 4.78 is 14.4. The Bertz CT molecular complexity index is 1070. The molecule has 0 aliphatic rings. The van der Waals surface area contributed by atoms with Gasteiger partial charge < -0.3 is 0 Å². The smallest absolute Gasteiger partial charge is 0.262 e. The van der Waals surface area contributed by atoms with Crippen LogP contribution in [0.1, 0.15) is 19.4 Å². The SMILES string of the molecule is CCn1c(NNC(=O)/C=C(/C)c2ccc(F)cc2)nc2ccccc2c1=O. The molecule has 2 N–H and O–H groups in total. The minimum absolute atomic E-state index is 0.183. The number of allylic oxidation sites excluding steroid dienone is 1. The van der Waals surface area contributed by atoms with Crippen LogP contribution in [0.25, 0.3) is 16.5 Å². The van der Waals surface area contributed by atoms with E-state index in [9.17, 15) is 14.0 Å². The number of amides is 1. The third-order valence-electron chi connectivity index (χ3n) is 4.12. The van der Waals surface area contributed by atoms with Crippen molar-refractivity contribution in [3.8, 4) is 0 Å². The van der Waals surface area contributed by atoms with Crippen LogP contribution in [-0.4, -0.2) is 15.5 Å². The van der Waals surface area contributed by atoms with Crippen LogP contribution < -0.4 is 16.4 Å². The third kappa shape index (κ3) is 4.03. The van der Waals surface area contributed by atoms with Crippen molar-refractivity contribution in [3.63, 3.8) is 0 Å². The number of nitrogens with zero attached hydrogens (tertiary/aromatic N) is 2. The van der Waals surface area contributed by atoms with Crippen LogP contribution in [-0.2, 0) is 11.3 Å². The van der Waals surface area contributed by atoms with Crippen LogP contribution in [0.3, 0.4) is 0 Å². The fourth-order valence-corrected chi connectivity index (χ4v) is 2.70. The number of carbonyl (C=O) groups is 1. The molecule has 0 bridgehead atoms. The molecule has 0 saturated carbocycles. The van der Waals surface area contributed by atoms with Crippen molar-refractivity contribution in [2.24, 2.45) is 0 Å². The number of carbonyl (C=O) groups excluding carboxylic acids is 1. The Kier molecular flexibility index (Phi) is 5.30. The highest BCUT2D eigenvalue weighted by Crippen LogP contribution is 2.14. The van der Waals surface area contributed by atoms with Crippen LogP contribution in [0.15, 0.2) is 59.4 Å². The fraction of sp³-hybridized carbons (Fsp3) is 0.150. The van der Waals surface area contributed by atoms with Crippen molar-refractivity contribution in [3.05, 3.63) is 76.3 Å². The number of hydrogen-bond donors (Lipinski definition) is 2. The number of fused-ring (bicyclic) bond motifs is 1. The van der Waals surface area contributed by atoms with E-state index in [4.69, 9.17) is 0 Å². The predicted molar refractivity (Wildman–Crippen MR) is 103 cm³/mol. The van der Waals surface area contributed by atoms with Gasteiger partial charge in [0.1, 0.15) is 5.82 Å². The maximum Gasteiger partial charge on any atom is 0.262 e. The van der Waals surface area contributed by atoms with Crippen molar-refractivity contribution >= 4 is 28.3 Å². The average Bonchev–Trinajstić information content (AvgIpc) is 2.67. The van der Waals surface area contributed by atoms with Gasteiger partial charge in [0.15, 0.2) is 0 Å². The molecule has 3 aromatic rings. The average molecular weight is 366 g/mol. The highest BCUT2D eigenvalue weighted by Gasteiger charge is 2.10. The van der Waals surface area contributed by atoms with Crippen LogP contribution in [0.2, 0.25) is 0 Å². The van der Waals surface area contributed by atoms with E-state index in [1.165, 1.54) is 22.8 Å². The number of rotatable bonds is 5. The first-order chi connectivity index (χ1) is 13.0. The second-order valence-electron chi connectivity index (χ2n) is 5.95. The molecule has 0 spiro atoms. The highest BCUT2D eigenvalue weighted by molar-refractivity contribution is 5.95. The molecule has 0 fully saturated rings. The second-order valence-corrected chi connectivity index (χ2v) is 5.95. The van der Waals surface area contributed by atoms with Crippen LogP contribution in [0, 0.1) is 5.82 Å². The Morgan fingerprint density at radius 2 is 1.89 bits per heavy atom. The molecule has 1 heterocycles. The standard InChI is InChI=1S/C20H19FN4O2/c1-3-25-19(27)16-6-4-5-7-17(16)22-20(25)24-23-18(26)12-13(2)14-8-10-15(21)11-9-14/h4-12H,3H2,1-2H3,(H,22,24)(H,23,26)/b13-12-. The number of nitrogens with one attached hydrogen (secondary N) is 2. The minimum atomic E-state index is -0.415. The quantitative estimate of drug-likeness (QED) is 0.537. The van der Waals surface area contributed by atoms with Gasteiger partial charge >= 0.3 is 0 Å². The minimum Gasteiger partial charge on any atom is -0.277 e. The summed E-state index contributed by atoms with van der Waals surface area (Å²) in [6, 6.07) is 12.9. The summed E-state index contributed by atoms with van der Waals surface area (Å²) in [5.41, 5.74) is 7.00. The number of anilines is 1. The Labute approximate surface area is 155 Å². The number of hydrazine groups is 1. The highest BCUT2D eigenvalue weighted by atomic mass is 19.1. The summed E-state index contributed by atoms with van der Waals surface area (Å²) in [5.74, 6) is -0.498. The Morgan fingerprint density at radius 1 is 1.19 bits per heavy atom. The first kappa shape index (κ1) is 18.3. The van der Waals surface area contributed by atoms with E-state index in [-0.39, 0.29) is 17.3 Å². The monoisotopic (exact) mass is 366 g/mol. The van der Waals surface area contributed by atoms with Gasteiger partial charge in [0.25, 0.3) is 11.5 Å². The Hall–Kier alpha value is -3.48. The molecule has 1 amide bonds. The maximum absolute atomic E-state index is 13.0. The number of aromatic nitrogens is 2. The third-order valence-corrected chi connectivity index (χ3v) is 4.12. The largest absolute Gasteiger partial charge is 0.277 e. The molecule has 0 unspecified atom stereocenters. The van der Waals surface area contributed by atoms with Crippen LogP contribution in [0.4, 0.5) is 10.3 Å². The van der Waals surface area contributed by atoms with Gasteiger partial charge in [0.05, 0.1) is 10.9 Å². The van der Waals surface area contributed by atoms with Crippen LogP contribution >= 0.6 is 0 Å². The Balaban J connectivity index is 1.80. The van der Waals surface area contributed by atoms with Gasteiger partial charge in [-0.05, 0) is 49.2 Å². The fourth-order valence-electron chi connectivity index (χ4n) is 2.70. The Morgan fingerprint density at radius 3 is 2.59 bits per heavy atom. The number of para-hydroxylation sites is 1. The zero-order chi connectivity index (χ0) is 19.4. The molecule has 0 aliphatic heterocycles. The first-order valence-corrected chi connectivity index (χ1v) is 8.49. The second kappa shape index (κ2) is 7.82. The van der Waals surface area contributed by atoms with Gasteiger partial charge in [-0.25, -0.2) is 9.37 Å². The number of hydrogen-bond acceptors (Lipinski definition) is 4. The van der Waals surface area contributed by atoms with Crippen molar-refractivity contribution < 1.29 is 9.18 Å². The summed E-state index contributed by atoms with van der Waals surface area (Å²) in [5, 5.41) is 0.517. The van der Waals surface area contributed by atoms with Gasteiger partial charge in [-0.1, -0.05) is 24.3 Å². The van der Waals surface area contributed by atoms with Gasteiger partial charge in [-0.15, -0.1) is 0 Å². The zero-order valence-electron chi connectivity index (χ0n) is 15.0. The van der Waals surface area contributed by atoms with Crippen molar-refractivity contribution in [1.82, 2.24) is 15.0 Å². The van der Waals surface area contributed by atoms with E-state index < -0.39 is 5.91 Å². The lowest BCUT2D eigenvalue weighted by Crippen LogP contribution is -2.33. The van der Waals surface area contributed by atoms with E-state index in [1.807, 2.05) is 6.92 Å². The number of halogens is 1. The molecular weight excluding hydrogens is 347 g/mol. The lowest BCUT2D eigenvalue weighted by atomic mass is 10.1.